The van der Waals surface area contributed by atoms with E-state index < -0.39 is 18.0 Å². The molecule has 32 heavy (non-hydrogen) atoms. The van der Waals surface area contributed by atoms with Crippen molar-refractivity contribution in [1.29, 1.82) is 0 Å². The van der Waals surface area contributed by atoms with E-state index in [9.17, 15) is 14.4 Å². The van der Waals surface area contributed by atoms with E-state index in [4.69, 9.17) is 9.47 Å². The van der Waals surface area contributed by atoms with E-state index in [-0.39, 0.29) is 19.1 Å². The number of carbonyl (C=O) groups is 3. The molecule has 8 heteroatoms. The van der Waals surface area contributed by atoms with Crippen molar-refractivity contribution in [1.82, 2.24) is 15.5 Å². The van der Waals surface area contributed by atoms with Gasteiger partial charge in [-0.3, -0.25) is 9.69 Å². The zero-order chi connectivity index (χ0) is 22.8. The van der Waals surface area contributed by atoms with Gasteiger partial charge in [0, 0.05) is 6.54 Å². The number of urea groups is 1. The van der Waals surface area contributed by atoms with Gasteiger partial charge in [0.25, 0.3) is 0 Å². The third-order valence-electron chi connectivity index (χ3n) is 5.69. The van der Waals surface area contributed by atoms with Gasteiger partial charge in [-0.05, 0) is 42.7 Å². The minimum absolute atomic E-state index is 0.0330. The summed E-state index contributed by atoms with van der Waals surface area (Å²) in [6, 6.07) is 12.2. The van der Waals surface area contributed by atoms with E-state index in [2.05, 4.69) is 10.6 Å². The number of cyclic esters (lactones) is 1. The van der Waals surface area contributed by atoms with Gasteiger partial charge in [-0.2, -0.15) is 0 Å². The molecule has 0 aromatic heterocycles. The third-order valence-corrected chi connectivity index (χ3v) is 5.69. The van der Waals surface area contributed by atoms with Crippen LogP contribution in [0.25, 0.3) is 0 Å². The van der Waals surface area contributed by atoms with Gasteiger partial charge in [-0.25, -0.2) is 9.59 Å². The first kappa shape index (κ1) is 21.4. The van der Waals surface area contributed by atoms with Gasteiger partial charge in [0.1, 0.15) is 18.9 Å². The van der Waals surface area contributed by atoms with Crippen molar-refractivity contribution in [2.75, 3.05) is 20.3 Å². The van der Waals surface area contributed by atoms with Gasteiger partial charge < -0.3 is 20.1 Å². The standard InChI is InChI=1S/C24H25N3O5/c1-14-4-5-15(2)18(10-14)22-21-19(13-32-23(21)29)27(24(30)26-22)12-20(28)25-11-16-6-8-17(31-3)9-7-16/h4-10,22H,11-13H2,1-3H3,(H,25,28)(H,26,30). The molecule has 0 spiro atoms. The quantitative estimate of drug-likeness (QED) is 0.680. The molecule has 2 aromatic rings. The van der Waals surface area contributed by atoms with Gasteiger partial charge in [0.05, 0.1) is 24.4 Å². The van der Waals surface area contributed by atoms with Crippen LogP contribution in [-0.4, -0.2) is 43.1 Å². The Labute approximate surface area is 186 Å². The Balaban J connectivity index is 1.52. The van der Waals surface area contributed by atoms with Crippen molar-refractivity contribution in [2.24, 2.45) is 0 Å². The van der Waals surface area contributed by atoms with E-state index in [0.717, 1.165) is 28.0 Å². The molecule has 2 aromatic carbocycles. The molecule has 0 fully saturated rings. The molecule has 1 unspecified atom stereocenters. The van der Waals surface area contributed by atoms with Crippen molar-refractivity contribution in [3.63, 3.8) is 0 Å². The van der Waals surface area contributed by atoms with Crippen molar-refractivity contribution < 1.29 is 23.9 Å². The molecule has 8 nitrogen and oxygen atoms in total. The van der Waals surface area contributed by atoms with Gasteiger partial charge in [0.15, 0.2) is 0 Å². The molecule has 0 saturated heterocycles. The van der Waals surface area contributed by atoms with E-state index >= 15 is 0 Å². The molecule has 4 rings (SSSR count). The van der Waals surface area contributed by atoms with Gasteiger partial charge in [-0.15, -0.1) is 0 Å². The first-order valence-corrected chi connectivity index (χ1v) is 10.3. The number of benzene rings is 2. The molecule has 0 bridgehead atoms. The lowest BCUT2D eigenvalue weighted by Gasteiger charge is -2.33. The number of rotatable bonds is 6. The predicted molar refractivity (Wildman–Crippen MR) is 117 cm³/mol. The topological polar surface area (TPSA) is 97.0 Å². The number of hydrogen-bond donors (Lipinski definition) is 2. The summed E-state index contributed by atoms with van der Waals surface area (Å²) >= 11 is 0. The monoisotopic (exact) mass is 435 g/mol. The second-order valence-electron chi connectivity index (χ2n) is 7.89. The van der Waals surface area contributed by atoms with E-state index in [1.165, 1.54) is 4.90 Å². The van der Waals surface area contributed by atoms with Crippen LogP contribution in [-0.2, 0) is 20.9 Å². The van der Waals surface area contributed by atoms with Crippen LogP contribution in [0.5, 0.6) is 5.75 Å². The van der Waals surface area contributed by atoms with Crippen LogP contribution >= 0.6 is 0 Å². The van der Waals surface area contributed by atoms with Gasteiger partial charge in [0.2, 0.25) is 5.91 Å². The highest BCUT2D eigenvalue weighted by atomic mass is 16.5. The molecule has 0 aliphatic carbocycles. The number of ether oxygens (including phenoxy) is 2. The number of nitrogens with zero attached hydrogens (tertiary/aromatic N) is 1. The summed E-state index contributed by atoms with van der Waals surface area (Å²) in [5, 5.41) is 5.68. The van der Waals surface area contributed by atoms with Crippen LogP contribution in [0.4, 0.5) is 4.79 Å². The lowest BCUT2D eigenvalue weighted by Crippen LogP contribution is -2.50. The lowest BCUT2D eigenvalue weighted by molar-refractivity contribution is -0.136. The average Bonchev–Trinajstić information content (AvgIpc) is 3.17. The second kappa shape index (κ2) is 8.74. The Bertz CT molecular complexity index is 1110. The summed E-state index contributed by atoms with van der Waals surface area (Å²) in [6.45, 7) is 3.95. The molecular weight excluding hydrogens is 410 g/mol. The number of esters is 1. The summed E-state index contributed by atoms with van der Waals surface area (Å²) in [5.74, 6) is -0.0873. The predicted octanol–water partition coefficient (Wildman–Crippen LogP) is 2.51. The first-order valence-electron chi connectivity index (χ1n) is 10.3. The van der Waals surface area contributed by atoms with Crippen molar-refractivity contribution >= 4 is 17.9 Å². The summed E-state index contributed by atoms with van der Waals surface area (Å²) < 4.78 is 10.4. The summed E-state index contributed by atoms with van der Waals surface area (Å²) in [5.41, 5.74) is 4.53. The number of hydrogen-bond acceptors (Lipinski definition) is 5. The van der Waals surface area contributed by atoms with Gasteiger partial charge >= 0.3 is 12.0 Å². The number of carbonyl (C=O) groups excluding carboxylic acids is 3. The molecule has 1 atom stereocenters. The molecule has 2 aliphatic heterocycles. The highest BCUT2D eigenvalue weighted by Gasteiger charge is 2.43. The SMILES string of the molecule is COc1ccc(CNC(=O)CN2C(=O)NC(c3cc(C)ccc3C)C3=C2COC3=O)cc1. The maximum Gasteiger partial charge on any atom is 0.338 e. The summed E-state index contributed by atoms with van der Waals surface area (Å²) in [6.07, 6.45) is 0. The van der Waals surface area contributed by atoms with Gasteiger partial charge in [-0.1, -0.05) is 35.9 Å². The summed E-state index contributed by atoms with van der Waals surface area (Å²) in [4.78, 5) is 39.3. The lowest BCUT2D eigenvalue weighted by atomic mass is 9.91. The number of nitrogens with one attached hydrogen (secondary N) is 2. The molecule has 3 amide bonds. The zero-order valence-corrected chi connectivity index (χ0v) is 18.2. The molecule has 166 valence electrons. The van der Waals surface area contributed by atoms with Crippen molar-refractivity contribution in [3.05, 3.63) is 76.0 Å². The number of amides is 3. The van der Waals surface area contributed by atoms with Crippen molar-refractivity contribution in [3.8, 4) is 5.75 Å². The second-order valence-corrected chi connectivity index (χ2v) is 7.89. The van der Waals surface area contributed by atoms with Crippen LogP contribution in [0.1, 0.15) is 28.3 Å². The number of methoxy groups -OCH3 is 1. The minimum atomic E-state index is -0.606. The maximum absolute atomic E-state index is 12.9. The smallest absolute Gasteiger partial charge is 0.338 e. The molecule has 0 saturated carbocycles. The van der Waals surface area contributed by atoms with Crippen LogP contribution < -0.4 is 15.4 Å². The Morgan fingerprint density at radius 3 is 2.66 bits per heavy atom. The Morgan fingerprint density at radius 1 is 1.19 bits per heavy atom. The Morgan fingerprint density at radius 2 is 1.94 bits per heavy atom. The first-order chi connectivity index (χ1) is 15.4. The van der Waals surface area contributed by atoms with E-state index in [1.807, 2.05) is 56.3 Å². The summed E-state index contributed by atoms with van der Waals surface area (Å²) in [7, 11) is 1.59. The Kier molecular flexibility index (Phi) is 5.85. The van der Waals surface area contributed by atoms with Crippen molar-refractivity contribution in [2.45, 2.75) is 26.4 Å². The van der Waals surface area contributed by atoms with E-state index in [0.29, 0.717) is 17.8 Å². The largest absolute Gasteiger partial charge is 0.497 e. The fourth-order valence-electron chi connectivity index (χ4n) is 3.93. The number of aryl methyl sites for hydroxylation is 2. The minimum Gasteiger partial charge on any atom is -0.497 e. The molecular formula is C24H25N3O5. The third kappa shape index (κ3) is 4.16. The highest BCUT2D eigenvalue weighted by Crippen LogP contribution is 2.36. The fourth-order valence-corrected chi connectivity index (χ4v) is 3.93. The van der Waals surface area contributed by atoms with Crippen LogP contribution in [0.3, 0.4) is 0 Å². The normalized spacial score (nSPS) is 17.6. The molecule has 2 N–H and O–H groups in total. The highest BCUT2D eigenvalue weighted by molar-refractivity contribution is 5.98. The molecule has 0 radical (unpaired) electrons. The fraction of sp³-hybridized carbons (Fsp3) is 0.292. The maximum atomic E-state index is 12.9. The van der Waals surface area contributed by atoms with E-state index in [1.54, 1.807) is 7.11 Å². The average molecular weight is 435 g/mol. The van der Waals surface area contributed by atoms with Crippen LogP contribution in [0, 0.1) is 13.8 Å². The van der Waals surface area contributed by atoms with Crippen LogP contribution in [0.2, 0.25) is 0 Å². The molecule has 2 aliphatic rings. The van der Waals surface area contributed by atoms with Crippen LogP contribution in [0.15, 0.2) is 53.7 Å². The molecule has 2 heterocycles. The Hall–Kier alpha value is -3.81. The zero-order valence-electron chi connectivity index (χ0n) is 18.2.